The maximum atomic E-state index is 10.6. The molecule has 0 saturated heterocycles. The third kappa shape index (κ3) is 5.79. The number of nitro groups is 1. The second-order valence-electron chi connectivity index (χ2n) is 5.62. The van der Waals surface area contributed by atoms with Gasteiger partial charge in [0.25, 0.3) is 5.69 Å². The number of nitrogens with zero attached hydrogens (tertiary/aromatic N) is 1. The number of rotatable bonds is 4. The van der Waals surface area contributed by atoms with Gasteiger partial charge in [-0.25, -0.2) is 0 Å². The molecule has 0 unspecified atom stereocenters. The van der Waals surface area contributed by atoms with Gasteiger partial charge in [0, 0.05) is 23.7 Å². The Labute approximate surface area is 137 Å². The van der Waals surface area contributed by atoms with Crippen molar-refractivity contribution in [1.82, 2.24) is 0 Å². The maximum absolute atomic E-state index is 10.6. The minimum atomic E-state index is -0.378. The van der Waals surface area contributed by atoms with Crippen LogP contribution in [0.4, 0.5) is 5.69 Å². The molecule has 0 heterocycles. The molecule has 0 bridgehead atoms. The predicted molar refractivity (Wildman–Crippen MR) is 89.3 cm³/mol. The first-order valence-electron chi connectivity index (χ1n) is 6.76. The van der Waals surface area contributed by atoms with Gasteiger partial charge in [-0.3, -0.25) is 10.1 Å². The van der Waals surface area contributed by atoms with Crippen molar-refractivity contribution in [2.45, 2.75) is 50.1 Å². The van der Waals surface area contributed by atoms with Crippen LogP contribution < -0.4 is 11.5 Å². The van der Waals surface area contributed by atoms with Gasteiger partial charge in [0.2, 0.25) is 0 Å². The fourth-order valence-corrected chi connectivity index (χ4v) is 2.64. The van der Waals surface area contributed by atoms with Crippen molar-refractivity contribution in [3.63, 3.8) is 0 Å². The molecule has 0 radical (unpaired) electrons. The van der Waals surface area contributed by atoms with E-state index in [0.29, 0.717) is 6.04 Å². The minimum Gasteiger partial charge on any atom is -0.328 e. The minimum absolute atomic E-state index is 0. The number of aryl methyl sites for hydroxylation is 1. The summed E-state index contributed by atoms with van der Waals surface area (Å²) in [5.41, 5.74) is 13.4. The first-order valence-corrected chi connectivity index (χ1v) is 6.76. The number of nitrogens with two attached hydrogens (primary N) is 2. The van der Waals surface area contributed by atoms with Gasteiger partial charge in [0.1, 0.15) is 0 Å². The first-order chi connectivity index (χ1) is 8.98. The summed E-state index contributed by atoms with van der Waals surface area (Å²) in [5.74, 6) is 0. The maximum Gasteiger partial charge on any atom is 0.269 e. The Balaban J connectivity index is 0.00000200. The van der Waals surface area contributed by atoms with E-state index in [4.69, 9.17) is 11.5 Å². The largest absolute Gasteiger partial charge is 0.328 e. The Morgan fingerprint density at radius 1 is 1.19 bits per heavy atom. The molecule has 1 aliphatic rings. The topological polar surface area (TPSA) is 95.2 Å². The van der Waals surface area contributed by atoms with E-state index in [1.807, 2.05) is 12.1 Å². The molecule has 1 aromatic carbocycles. The fourth-order valence-electron chi connectivity index (χ4n) is 2.64. The van der Waals surface area contributed by atoms with Crippen LogP contribution in [0.5, 0.6) is 0 Å². The molecule has 0 amide bonds. The second kappa shape index (κ2) is 8.54. The highest BCUT2D eigenvalue weighted by Crippen LogP contribution is 2.29. The van der Waals surface area contributed by atoms with Crippen molar-refractivity contribution in [2.75, 3.05) is 0 Å². The molecule has 5 nitrogen and oxygen atoms in total. The number of non-ortho nitro benzene ring substituents is 1. The second-order valence-corrected chi connectivity index (χ2v) is 5.62. The Morgan fingerprint density at radius 3 is 2.19 bits per heavy atom. The van der Waals surface area contributed by atoms with Crippen molar-refractivity contribution in [3.8, 4) is 0 Å². The van der Waals surface area contributed by atoms with Crippen LogP contribution in [0.3, 0.4) is 0 Å². The molecule has 0 atom stereocenters. The monoisotopic (exact) mass is 335 g/mol. The van der Waals surface area contributed by atoms with Gasteiger partial charge in [0.15, 0.2) is 0 Å². The van der Waals surface area contributed by atoms with E-state index in [-0.39, 0.29) is 41.0 Å². The predicted octanol–water partition coefficient (Wildman–Crippen LogP) is 2.97. The van der Waals surface area contributed by atoms with E-state index in [0.717, 1.165) is 44.1 Å². The van der Waals surface area contributed by atoms with Crippen molar-refractivity contribution in [2.24, 2.45) is 11.5 Å². The lowest BCUT2D eigenvalue weighted by Crippen LogP contribution is -2.46. The average Bonchev–Trinajstić information content (AvgIpc) is 2.41. The van der Waals surface area contributed by atoms with Crippen LogP contribution in [0.1, 0.15) is 37.7 Å². The number of benzene rings is 1. The fraction of sp³-hybridized carbons (Fsp3) is 0.571. The molecule has 4 N–H and O–H groups in total. The molecule has 0 aromatic heterocycles. The summed E-state index contributed by atoms with van der Waals surface area (Å²) in [7, 11) is 0. The Morgan fingerprint density at radius 2 is 1.71 bits per heavy atom. The van der Waals surface area contributed by atoms with Crippen molar-refractivity contribution in [3.05, 3.63) is 39.9 Å². The molecular weight excluding hydrogens is 313 g/mol. The van der Waals surface area contributed by atoms with Crippen LogP contribution in [0, 0.1) is 10.1 Å². The van der Waals surface area contributed by atoms with Crippen LogP contribution in [-0.2, 0) is 6.42 Å². The third-order valence-electron chi connectivity index (χ3n) is 4.08. The highest BCUT2D eigenvalue weighted by atomic mass is 35.5. The molecule has 2 rings (SSSR count). The lowest BCUT2D eigenvalue weighted by Gasteiger charge is -2.36. The Hall–Kier alpha value is -0.880. The zero-order valence-corrected chi connectivity index (χ0v) is 13.5. The summed E-state index contributed by atoms with van der Waals surface area (Å²) in [6.07, 6.45) is 5.72. The molecule has 1 fully saturated rings. The number of hydrogen-bond acceptors (Lipinski definition) is 4. The number of hydrogen-bond donors (Lipinski definition) is 2. The SMILES string of the molecule is Cl.Cl.NC1CCC(N)(CCc2ccc([N+](=O)[O-])cc2)CC1. The van der Waals surface area contributed by atoms with Gasteiger partial charge in [-0.1, -0.05) is 12.1 Å². The summed E-state index contributed by atoms with van der Waals surface area (Å²) in [5, 5.41) is 10.6. The zero-order chi connectivity index (χ0) is 13.9. The molecule has 1 aliphatic carbocycles. The van der Waals surface area contributed by atoms with Crippen LogP contribution in [0.2, 0.25) is 0 Å². The summed E-state index contributed by atoms with van der Waals surface area (Å²) in [6.45, 7) is 0. The smallest absolute Gasteiger partial charge is 0.269 e. The quantitative estimate of drug-likeness (QED) is 0.653. The van der Waals surface area contributed by atoms with Crippen molar-refractivity contribution < 1.29 is 4.92 Å². The molecule has 0 aliphatic heterocycles. The average molecular weight is 336 g/mol. The van der Waals surface area contributed by atoms with E-state index >= 15 is 0 Å². The van der Waals surface area contributed by atoms with Gasteiger partial charge in [0.05, 0.1) is 4.92 Å². The molecular formula is C14H23Cl2N3O2. The molecule has 7 heteroatoms. The lowest BCUT2D eigenvalue weighted by molar-refractivity contribution is -0.384. The van der Waals surface area contributed by atoms with Gasteiger partial charge < -0.3 is 11.5 Å². The first kappa shape index (κ1) is 20.1. The van der Waals surface area contributed by atoms with E-state index in [1.54, 1.807) is 12.1 Å². The van der Waals surface area contributed by atoms with Crippen LogP contribution in [0.15, 0.2) is 24.3 Å². The molecule has 0 spiro atoms. The van der Waals surface area contributed by atoms with E-state index < -0.39 is 0 Å². The number of halogens is 2. The lowest BCUT2D eigenvalue weighted by atomic mass is 9.77. The number of nitro benzene ring substituents is 1. The van der Waals surface area contributed by atoms with Gasteiger partial charge in [-0.2, -0.15) is 0 Å². The highest BCUT2D eigenvalue weighted by Gasteiger charge is 2.29. The molecule has 21 heavy (non-hydrogen) atoms. The molecule has 1 saturated carbocycles. The van der Waals surface area contributed by atoms with E-state index in [2.05, 4.69) is 0 Å². The van der Waals surface area contributed by atoms with E-state index in [1.165, 1.54) is 0 Å². The third-order valence-corrected chi connectivity index (χ3v) is 4.08. The normalized spacial score (nSPS) is 24.6. The van der Waals surface area contributed by atoms with Crippen LogP contribution in [0.25, 0.3) is 0 Å². The summed E-state index contributed by atoms with van der Waals surface area (Å²) < 4.78 is 0. The summed E-state index contributed by atoms with van der Waals surface area (Å²) in [4.78, 5) is 10.2. The summed E-state index contributed by atoms with van der Waals surface area (Å²) in [6, 6.07) is 7.03. The van der Waals surface area contributed by atoms with Gasteiger partial charge in [-0.15, -0.1) is 24.8 Å². The van der Waals surface area contributed by atoms with Crippen molar-refractivity contribution in [1.29, 1.82) is 0 Å². The van der Waals surface area contributed by atoms with Gasteiger partial charge >= 0.3 is 0 Å². The van der Waals surface area contributed by atoms with Crippen LogP contribution in [-0.4, -0.2) is 16.5 Å². The summed E-state index contributed by atoms with van der Waals surface area (Å²) >= 11 is 0. The van der Waals surface area contributed by atoms with Crippen molar-refractivity contribution >= 4 is 30.5 Å². The zero-order valence-electron chi connectivity index (χ0n) is 11.9. The highest BCUT2D eigenvalue weighted by molar-refractivity contribution is 5.85. The van der Waals surface area contributed by atoms with Gasteiger partial charge in [-0.05, 0) is 44.1 Å². The standard InChI is InChI=1S/C14H21N3O2.2ClH/c15-12-6-9-14(16,10-7-12)8-5-11-1-3-13(4-2-11)17(18)19;;/h1-4,12H,5-10,15-16H2;2*1H. The molecule has 1 aromatic rings. The van der Waals surface area contributed by atoms with Crippen LogP contribution >= 0.6 is 24.8 Å². The van der Waals surface area contributed by atoms with E-state index in [9.17, 15) is 10.1 Å². The Bertz CT molecular complexity index is 446. The molecule has 120 valence electrons. The Kier molecular flexibility index (Phi) is 8.18.